The smallest absolute Gasteiger partial charge is 0.314 e. The lowest BCUT2D eigenvalue weighted by Crippen LogP contribution is -2.08. The maximum atomic E-state index is 11.1. The summed E-state index contributed by atoms with van der Waals surface area (Å²) in [4.78, 5) is 21.3. The third-order valence-electron chi connectivity index (χ3n) is 1.93. The minimum Gasteiger partial charge on any atom is -0.419 e. The largest absolute Gasteiger partial charge is 0.419 e. The van der Waals surface area contributed by atoms with Gasteiger partial charge in [-0.15, -0.1) is 0 Å². The fraction of sp³-hybridized carbons (Fsp3) is 0.300. The summed E-state index contributed by atoms with van der Waals surface area (Å²) in [7, 11) is 0. The van der Waals surface area contributed by atoms with Gasteiger partial charge in [0.25, 0.3) is 0 Å². The SMILES string of the molecule is CCC(=O)Oc1cc(Cl)cc(C)c1[N+](=O)[O-]. The van der Waals surface area contributed by atoms with Gasteiger partial charge in [0, 0.05) is 23.1 Å². The second-order valence-electron chi connectivity index (χ2n) is 3.15. The first-order valence-corrected chi connectivity index (χ1v) is 4.98. The molecule has 5 nitrogen and oxygen atoms in total. The van der Waals surface area contributed by atoms with Crippen molar-refractivity contribution in [3.05, 3.63) is 32.8 Å². The number of nitro benzene ring substituents is 1. The molecule has 1 aromatic carbocycles. The van der Waals surface area contributed by atoms with Crippen LogP contribution >= 0.6 is 11.6 Å². The quantitative estimate of drug-likeness (QED) is 0.354. The van der Waals surface area contributed by atoms with Crippen molar-refractivity contribution in [2.24, 2.45) is 0 Å². The maximum absolute atomic E-state index is 11.1. The second-order valence-corrected chi connectivity index (χ2v) is 3.59. The summed E-state index contributed by atoms with van der Waals surface area (Å²) < 4.78 is 4.85. The summed E-state index contributed by atoms with van der Waals surface area (Å²) in [5.74, 6) is -0.647. The number of carbonyl (C=O) groups excluding carboxylic acids is 1. The molecule has 0 fully saturated rings. The van der Waals surface area contributed by atoms with Gasteiger partial charge in [0.15, 0.2) is 0 Å². The summed E-state index contributed by atoms with van der Waals surface area (Å²) in [5, 5.41) is 11.1. The molecule has 0 amide bonds. The molecule has 16 heavy (non-hydrogen) atoms. The molecule has 0 aliphatic carbocycles. The standard InChI is InChI=1S/C10H10ClNO4/c1-3-9(13)16-8-5-7(11)4-6(2)10(8)12(14)15/h4-5H,3H2,1-2H3. The zero-order valence-electron chi connectivity index (χ0n) is 8.82. The van der Waals surface area contributed by atoms with E-state index >= 15 is 0 Å². The molecule has 0 bridgehead atoms. The summed E-state index contributed by atoms with van der Waals surface area (Å²) in [6, 6.07) is 2.71. The van der Waals surface area contributed by atoms with Crippen LogP contribution in [0.3, 0.4) is 0 Å². The first-order chi connectivity index (χ1) is 7.45. The third-order valence-corrected chi connectivity index (χ3v) is 2.14. The average Bonchev–Trinajstić information content (AvgIpc) is 2.15. The van der Waals surface area contributed by atoms with Crippen molar-refractivity contribution in [3.63, 3.8) is 0 Å². The van der Waals surface area contributed by atoms with E-state index in [0.29, 0.717) is 10.6 Å². The Morgan fingerprint density at radius 2 is 2.19 bits per heavy atom. The number of carbonyl (C=O) groups is 1. The zero-order chi connectivity index (χ0) is 12.3. The van der Waals surface area contributed by atoms with Gasteiger partial charge >= 0.3 is 11.7 Å². The van der Waals surface area contributed by atoms with E-state index in [1.165, 1.54) is 19.1 Å². The Labute approximate surface area is 97.1 Å². The lowest BCUT2D eigenvalue weighted by atomic mass is 10.2. The first-order valence-electron chi connectivity index (χ1n) is 4.61. The highest BCUT2D eigenvalue weighted by Gasteiger charge is 2.21. The van der Waals surface area contributed by atoms with E-state index < -0.39 is 10.9 Å². The summed E-state index contributed by atoms with van der Waals surface area (Å²) in [5.41, 5.74) is 0.127. The highest BCUT2D eigenvalue weighted by atomic mass is 35.5. The Kier molecular flexibility index (Phi) is 3.84. The molecule has 0 aliphatic rings. The van der Waals surface area contributed by atoms with E-state index in [0.717, 1.165) is 0 Å². The Morgan fingerprint density at radius 1 is 1.56 bits per heavy atom. The van der Waals surface area contributed by atoms with Gasteiger partial charge < -0.3 is 4.74 Å². The number of ether oxygens (including phenoxy) is 1. The second kappa shape index (κ2) is 4.94. The number of nitrogens with zero attached hydrogens (tertiary/aromatic N) is 1. The number of halogens is 1. The third kappa shape index (κ3) is 2.70. The van der Waals surface area contributed by atoms with Crippen LogP contribution in [0.5, 0.6) is 5.75 Å². The minimum absolute atomic E-state index is 0.109. The van der Waals surface area contributed by atoms with E-state index in [1.54, 1.807) is 6.92 Å². The van der Waals surface area contributed by atoms with E-state index in [4.69, 9.17) is 16.3 Å². The van der Waals surface area contributed by atoms with E-state index in [1.807, 2.05) is 0 Å². The highest BCUT2D eigenvalue weighted by Crippen LogP contribution is 2.34. The molecule has 0 unspecified atom stereocenters. The van der Waals surface area contributed by atoms with Gasteiger partial charge in [0.1, 0.15) is 0 Å². The van der Waals surface area contributed by atoms with Crippen LogP contribution in [0.4, 0.5) is 5.69 Å². The summed E-state index contributed by atoms with van der Waals surface area (Å²) in [6.45, 7) is 3.14. The molecule has 0 spiro atoms. The van der Waals surface area contributed by atoms with Crippen molar-refractivity contribution in [1.29, 1.82) is 0 Å². The van der Waals surface area contributed by atoms with Crippen LogP contribution in [0, 0.1) is 17.0 Å². The highest BCUT2D eigenvalue weighted by molar-refractivity contribution is 6.30. The van der Waals surface area contributed by atoms with Gasteiger partial charge in [-0.3, -0.25) is 14.9 Å². The molecule has 0 radical (unpaired) electrons. The lowest BCUT2D eigenvalue weighted by Gasteiger charge is -2.06. The van der Waals surface area contributed by atoms with Crippen LogP contribution in [0.25, 0.3) is 0 Å². The molecule has 1 aromatic rings. The fourth-order valence-electron chi connectivity index (χ4n) is 1.21. The predicted molar refractivity (Wildman–Crippen MR) is 58.8 cm³/mol. The maximum Gasteiger partial charge on any atom is 0.314 e. The Hall–Kier alpha value is -1.62. The van der Waals surface area contributed by atoms with Crippen molar-refractivity contribution in [2.45, 2.75) is 20.3 Å². The van der Waals surface area contributed by atoms with Crippen LogP contribution in [0.1, 0.15) is 18.9 Å². The number of esters is 1. The number of rotatable bonds is 3. The van der Waals surface area contributed by atoms with Gasteiger partial charge in [-0.05, 0) is 13.0 Å². The summed E-state index contributed by atoms with van der Waals surface area (Å²) in [6.07, 6.45) is 0.142. The normalized spacial score (nSPS) is 9.94. The molecule has 86 valence electrons. The van der Waals surface area contributed by atoms with Gasteiger partial charge in [0.2, 0.25) is 5.75 Å². The van der Waals surface area contributed by atoms with Crippen LogP contribution in [0.2, 0.25) is 5.02 Å². The van der Waals surface area contributed by atoms with Crippen molar-refractivity contribution in [3.8, 4) is 5.75 Å². The number of aryl methyl sites for hydroxylation is 1. The van der Waals surface area contributed by atoms with Crippen LogP contribution < -0.4 is 4.74 Å². The molecule has 0 saturated carbocycles. The molecule has 0 saturated heterocycles. The number of benzene rings is 1. The number of nitro groups is 1. The van der Waals surface area contributed by atoms with Crippen molar-refractivity contribution < 1.29 is 14.5 Å². The average molecular weight is 244 g/mol. The Bertz CT molecular complexity index is 445. The van der Waals surface area contributed by atoms with Gasteiger partial charge in [-0.2, -0.15) is 0 Å². The van der Waals surface area contributed by atoms with Gasteiger partial charge in [-0.1, -0.05) is 18.5 Å². The van der Waals surface area contributed by atoms with Crippen LogP contribution in [-0.4, -0.2) is 10.9 Å². The number of hydrogen-bond acceptors (Lipinski definition) is 4. The molecule has 0 aliphatic heterocycles. The fourth-order valence-corrected chi connectivity index (χ4v) is 1.47. The van der Waals surface area contributed by atoms with Crippen LogP contribution in [0.15, 0.2) is 12.1 Å². The molecule has 0 N–H and O–H groups in total. The minimum atomic E-state index is -0.593. The van der Waals surface area contributed by atoms with Crippen molar-refractivity contribution >= 4 is 23.3 Å². The molecule has 1 rings (SSSR count). The number of hydrogen-bond donors (Lipinski definition) is 0. The van der Waals surface area contributed by atoms with Gasteiger partial charge in [-0.25, -0.2) is 0 Å². The van der Waals surface area contributed by atoms with Gasteiger partial charge in [0.05, 0.1) is 4.92 Å². The van der Waals surface area contributed by atoms with Crippen LogP contribution in [-0.2, 0) is 4.79 Å². The predicted octanol–water partition coefficient (Wildman–Crippen LogP) is 2.87. The first kappa shape index (κ1) is 12.4. The Balaban J connectivity index is 3.24. The lowest BCUT2D eigenvalue weighted by molar-refractivity contribution is -0.386. The zero-order valence-corrected chi connectivity index (χ0v) is 9.58. The summed E-state index contributed by atoms with van der Waals surface area (Å²) >= 11 is 5.74. The van der Waals surface area contributed by atoms with Crippen molar-refractivity contribution in [1.82, 2.24) is 0 Å². The van der Waals surface area contributed by atoms with E-state index in [-0.39, 0.29) is 17.9 Å². The molecule has 6 heteroatoms. The Morgan fingerprint density at radius 3 is 2.69 bits per heavy atom. The molecular weight excluding hydrogens is 234 g/mol. The van der Waals surface area contributed by atoms with Crippen molar-refractivity contribution in [2.75, 3.05) is 0 Å². The topological polar surface area (TPSA) is 69.4 Å². The molecular formula is C10H10ClNO4. The molecule has 0 atom stereocenters. The monoisotopic (exact) mass is 243 g/mol. The van der Waals surface area contributed by atoms with E-state index in [2.05, 4.69) is 0 Å². The molecule has 0 heterocycles. The van der Waals surface area contributed by atoms with E-state index in [9.17, 15) is 14.9 Å². The molecule has 0 aromatic heterocycles.